The van der Waals surface area contributed by atoms with Crippen LogP contribution in [0.2, 0.25) is 0 Å². The van der Waals surface area contributed by atoms with Gasteiger partial charge in [-0.2, -0.15) is 0 Å². The van der Waals surface area contributed by atoms with Crippen LogP contribution in [0.1, 0.15) is 68.8 Å². The molecule has 0 radical (unpaired) electrons. The Morgan fingerprint density at radius 1 is 1.11 bits per heavy atom. The van der Waals surface area contributed by atoms with Gasteiger partial charge in [0, 0.05) is 16.8 Å². The van der Waals surface area contributed by atoms with Gasteiger partial charge in [0.05, 0.1) is 18.8 Å². The maximum Gasteiger partial charge on any atom is 0.355 e. The highest BCUT2D eigenvalue weighted by atomic mass is 16.5. The van der Waals surface area contributed by atoms with Gasteiger partial charge in [-0.15, -0.1) is 0 Å². The Balaban J connectivity index is 2.22. The van der Waals surface area contributed by atoms with Crippen LogP contribution < -0.4 is 4.74 Å². The Hall–Kier alpha value is -3.09. The van der Waals surface area contributed by atoms with E-state index in [1.165, 1.54) is 14.0 Å². The highest BCUT2D eigenvalue weighted by molar-refractivity contribution is 5.98. The first-order valence-electron chi connectivity index (χ1n) is 8.90. The van der Waals surface area contributed by atoms with Gasteiger partial charge in [0.1, 0.15) is 18.1 Å². The van der Waals surface area contributed by atoms with Gasteiger partial charge < -0.3 is 19.2 Å². The van der Waals surface area contributed by atoms with Crippen molar-refractivity contribution in [1.82, 2.24) is 4.98 Å². The number of carbonyl (C=O) groups is 3. The van der Waals surface area contributed by atoms with E-state index in [1.54, 1.807) is 45.9 Å². The van der Waals surface area contributed by atoms with Gasteiger partial charge in [-0.05, 0) is 58.4 Å². The van der Waals surface area contributed by atoms with Crippen LogP contribution >= 0.6 is 0 Å². The topological polar surface area (TPSA) is 94.7 Å². The highest BCUT2D eigenvalue weighted by Gasteiger charge is 2.24. The number of esters is 2. The van der Waals surface area contributed by atoms with Crippen LogP contribution in [0, 0.1) is 13.8 Å². The number of methoxy groups -OCH3 is 1. The molecule has 1 heterocycles. The Labute approximate surface area is 164 Å². The van der Waals surface area contributed by atoms with Crippen LogP contribution in [0.4, 0.5) is 0 Å². The second kappa shape index (κ2) is 8.73. The van der Waals surface area contributed by atoms with Crippen molar-refractivity contribution in [3.05, 3.63) is 51.8 Å². The lowest BCUT2D eigenvalue weighted by atomic mass is 10.1. The minimum Gasteiger partial charge on any atom is -0.496 e. The van der Waals surface area contributed by atoms with Crippen molar-refractivity contribution < 1.29 is 28.6 Å². The number of aromatic amines is 1. The van der Waals surface area contributed by atoms with Crippen LogP contribution in [-0.2, 0) is 16.1 Å². The van der Waals surface area contributed by atoms with Crippen molar-refractivity contribution in [2.24, 2.45) is 0 Å². The van der Waals surface area contributed by atoms with E-state index in [-0.39, 0.29) is 24.2 Å². The second-order valence-electron chi connectivity index (χ2n) is 6.74. The van der Waals surface area contributed by atoms with Gasteiger partial charge in [-0.1, -0.05) is 0 Å². The molecular formula is C21H25NO6. The van der Waals surface area contributed by atoms with E-state index in [0.717, 1.165) is 0 Å². The molecule has 0 amide bonds. The number of benzene rings is 1. The Morgan fingerprint density at radius 3 is 2.36 bits per heavy atom. The van der Waals surface area contributed by atoms with Crippen LogP contribution in [0.5, 0.6) is 5.75 Å². The molecule has 0 saturated carbocycles. The predicted molar refractivity (Wildman–Crippen MR) is 103 cm³/mol. The van der Waals surface area contributed by atoms with E-state index in [9.17, 15) is 14.4 Å². The average molecular weight is 387 g/mol. The first-order valence-corrected chi connectivity index (χ1v) is 8.90. The molecule has 7 nitrogen and oxygen atoms in total. The van der Waals surface area contributed by atoms with Crippen molar-refractivity contribution >= 4 is 17.7 Å². The SMILES string of the molecule is COc1ccc(C(C)=O)cc1COC(=O)c1[nH]c(C)c(C(=O)OC(C)C)c1C. The first kappa shape index (κ1) is 21.2. The third-order valence-corrected chi connectivity index (χ3v) is 4.23. The summed E-state index contributed by atoms with van der Waals surface area (Å²) in [6.07, 6.45) is -0.266. The number of ketones is 1. The summed E-state index contributed by atoms with van der Waals surface area (Å²) in [7, 11) is 1.50. The molecule has 0 saturated heterocycles. The quantitative estimate of drug-likeness (QED) is 0.574. The fourth-order valence-corrected chi connectivity index (χ4v) is 2.86. The third kappa shape index (κ3) is 4.60. The largest absolute Gasteiger partial charge is 0.496 e. The average Bonchev–Trinajstić information content (AvgIpc) is 2.93. The summed E-state index contributed by atoms with van der Waals surface area (Å²) < 4.78 is 15.9. The molecule has 0 aliphatic carbocycles. The molecule has 0 unspecified atom stereocenters. The Bertz CT molecular complexity index is 910. The van der Waals surface area contributed by atoms with Crippen molar-refractivity contribution in [1.29, 1.82) is 0 Å². The number of H-pyrrole nitrogens is 1. The zero-order valence-corrected chi connectivity index (χ0v) is 17.0. The van der Waals surface area contributed by atoms with Gasteiger partial charge in [0.2, 0.25) is 0 Å². The van der Waals surface area contributed by atoms with Crippen LogP contribution in [0.25, 0.3) is 0 Å². The van der Waals surface area contributed by atoms with Crippen LogP contribution in [0.3, 0.4) is 0 Å². The van der Waals surface area contributed by atoms with E-state index >= 15 is 0 Å². The van der Waals surface area contributed by atoms with E-state index < -0.39 is 11.9 Å². The number of hydrogen-bond donors (Lipinski definition) is 1. The summed E-state index contributed by atoms with van der Waals surface area (Å²) in [6, 6.07) is 4.94. The summed E-state index contributed by atoms with van der Waals surface area (Å²) in [5.74, 6) is -0.687. The zero-order valence-electron chi connectivity index (χ0n) is 17.0. The fourth-order valence-electron chi connectivity index (χ4n) is 2.86. The molecule has 7 heteroatoms. The minimum atomic E-state index is -0.612. The van der Waals surface area contributed by atoms with E-state index in [0.29, 0.717) is 33.7 Å². The third-order valence-electron chi connectivity index (χ3n) is 4.23. The number of aryl methyl sites for hydroxylation is 1. The molecule has 1 aromatic heterocycles. The molecule has 0 spiro atoms. The lowest BCUT2D eigenvalue weighted by molar-refractivity contribution is 0.0376. The maximum absolute atomic E-state index is 12.6. The van der Waals surface area contributed by atoms with Gasteiger partial charge in [-0.25, -0.2) is 9.59 Å². The molecule has 28 heavy (non-hydrogen) atoms. The molecule has 1 aromatic carbocycles. The number of rotatable bonds is 7. The molecule has 0 fully saturated rings. The van der Waals surface area contributed by atoms with Crippen molar-refractivity contribution in [3.63, 3.8) is 0 Å². The van der Waals surface area contributed by atoms with E-state index in [4.69, 9.17) is 14.2 Å². The van der Waals surface area contributed by atoms with Gasteiger partial charge in [0.25, 0.3) is 0 Å². The van der Waals surface area contributed by atoms with E-state index in [2.05, 4.69) is 4.98 Å². The van der Waals surface area contributed by atoms with Crippen molar-refractivity contribution in [3.8, 4) is 5.75 Å². The molecule has 0 atom stereocenters. The molecular weight excluding hydrogens is 362 g/mol. The normalized spacial score (nSPS) is 10.7. The van der Waals surface area contributed by atoms with Crippen LogP contribution in [-0.4, -0.2) is 35.9 Å². The number of nitrogens with one attached hydrogen (secondary N) is 1. The van der Waals surface area contributed by atoms with Gasteiger partial charge >= 0.3 is 11.9 Å². The molecule has 0 aliphatic heterocycles. The molecule has 2 aromatic rings. The number of carbonyl (C=O) groups excluding carboxylic acids is 3. The Morgan fingerprint density at radius 2 is 1.79 bits per heavy atom. The first-order chi connectivity index (χ1) is 13.1. The molecule has 0 aliphatic rings. The Kier molecular flexibility index (Phi) is 6.62. The van der Waals surface area contributed by atoms with E-state index in [1.807, 2.05) is 0 Å². The maximum atomic E-state index is 12.6. The van der Waals surface area contributed by atoms with Crippen molar-refractivity contribution in [2.45, 2.75) is 47.3 Å². The number of aromatic nitrogens is 1. The smallest absolute Gasteiger partial charge is 0.355 e. The standard InChI is InChI=1S/C21H25NO6/c1-11(2)28-20(24)18-12(3)19(22-13(18)4)21(25)27-10-16-9-15(14(5)23)7-8-17(16)26-6/h7-9,11,22H,10H2,1-6H3. The lowest BCUT2D eigenvalue weighted by Gasteiger charge is -2.11. The van der Waals surface area contributed by atoms with Gasteiger partial charge in [0.15, 0.2) is 5.78 Å². The lowest BCUT2D eigenvalue weighted by Crippen LogP contribution is -2.13. The summed E-state index contributed by atoms with van der Waals surface area (Å²) >= 11 is 0. The molecule has 150 valence electrons. The van der Waals surface area contributed by atoms with Crippen molar-refractivity contribution in [2.75, 3.05) is 7.11 Å². The summed E-state index contributed by atoms with van der Waals surface area (Å²) in [5.41, 5.74) is 2.59. The number of ether oxygens (including phenoxy) is 3. The summed E-state index contributed by atoms with van der Waals surface area (Å²) in [5, 5.41) is 0. The summed E-state index contributed by atoms with van der Waals surface area (Å²) in [4.78, 5) is 39.3. The molecule has 1 N–H and O–H groups in total. The summed E-state index contributed by atoms with van der Waals surface area (Å²) in [6.45, 7) is 8.25. The monoisotopic (exact) mass is 387 g/mol. The van der Waals surface area contributed by atoms with Gasteiger partial charge in [-0.3, -0.25) is 4.79 Å². The highest BCUT2D eigenvalue weighted by Crippen LogP contribution is 2.24. The number of hydrogen-bond acceptors (Lipinski definition) is 6. The van der Waals surface area contributed by atoms with Crippen LogP contribution in [0.15, 0.2) is 18.2 Å². The molecule has 0 bridgehead atoms. The minimum absolute atomic E-state index is 0.0770. The number of Topliss-reactive ketones (excluding diaryl/α,β-unsaturated/α-hetero) is 1. The fraction of sp³-hybridized carbons (Fsp3) is 0.381. The zero-order chi connectivity index (χ0) is 21.0. The molecule has 2 rings (SSSR count). The second-order valence-corrected chi connectivity index (χ2v) is 6.74. The predicted octanol–water partition coefficient (Wildman–Crippen LogP) is 3.76.